The van der Waals surface area contributed by atoms with Crippen molar-refractivity contribution in [2.75, 3.05) is 0 Å². The van der Waals surface area contributed by atoms with E-state index in [0.717, 1.165) is 12.8 Å². The second kappa shape index (κ2) is 4.91. The van der Waals surface area contributed by atoms with Crippen molar-refractivity contribution < 1.29 is 4.79 Å². The lowest BCUT2D eigenvalue weighted by Crippen LogP contribution is -2.28. The number of carbonyl (C=O) groups is 1. The fourth-order valence-electron chi connectivity index (χ4n) is 2.13. The highest BCUT2D eigenvalue weighted by Crippen LogP contribution is 2.38. The molecule has 0 spiro atoms. The van der Waals surface area contributed by atoms with Gasteiger partial charge in [-0.2, -0.15) is 0 Å². The Morgan fingerprint density at radius 3 is 2.47 bits per heavy atom. The molecule has 3 atom stereocenters. The van der Waals surface area contributed by atoms with Crippen LogP contribution in [0.1, 0.15) is 44.4 Å². The molecule has 2 nitrogen and oxygen atoms in total. The minimum Gasteiger partial charge on any atom is -0.349 e. The molecule has 1 aliphatic carbocycles. The molecule has 1 aromatic rings. The van der Waals surface area contributed by atoms with E-state index in [1.165, 1.54) is 11.1 Å². The van der Waals surface area contributed by atoms with Crippen molar-refractivity contribution in [3.63, 3.8) is 0 Å². The summed E-state index contributed by atoms with van der Waals surface area (Å²) in [6.45, 7) is 6.32. The molecule has 92 valence electrons. The Hall–Kier alpha value is -1.31. The van der Waals surface area contributed by atoms with Crippen molar-refractivity contribution >= 4 is 5.91 Å². The van der Waals surface area contributed by atoms with Gasteiger partial charge in [-0.1, -0.05) is 38.1 Å². The highest BCUT2D eigenvalue weighted by atomic mass is 16.2. The first-order chi connectivity index (χ1) is 8.11. The third kappa shape index (κ3) is 2.87. The first kappa shape index (κ1) is 12.2. The second-order valence-electron chi connectivity index (χ2n) is 5.14. The number of rotatable bonds is 4. The summed E-state index contributed by atoms with van der Waals surface area (Å²) in [5.41, 5.74) is 2.52. The summed E-state index contributed by atoms with van der Waals surface area (Å²) in [7, 11) is 0. The topological polar surface area (TPSA) is 29.1 Å². The molecule has 1 aliphatic rings. The first-order valence-electron chi connectivity index (χ1n) is 6.51. The fourth-order valence-corrected chi connectivity index (χ4v) is 2.13. The van der Waals surface area contributed by atoms with Gasteiger partial charge in [0.05, 0.1) is 6.04 Å². The van der Waals surface area contributed by atoms with E-state index in [4.69, 9.17) is 0 Å². The number of carbonyl (C=O) groups excluding carboxylic acids is 1. The summed E-state index contributed by atoms with van der Waals surface area (Å²) < 4.78 is 0. The molecule has 1 saturated carbocycles. The quantitative estimate of drug-likeness (QED) is 0.847. The molecule has 2 rings (SSSR count). The van der Waals surface area contributed by atoms with Crippen molar-refractivity contribution in [3.8, 4) is 0 Å². The molecule has 1 fully saturated rings. The number of nitrogens with one attached hydrogen (secondary N) is 1. The second-order valence-corrected chi connectivity index (χ2v) is 5.14. The molecule has 17 heavy (non-hydrogen) atoms. The maximum atomic E-state index is 11.8. The zero-order valence-corrected chi connectivity index (χ0v) is 10.9. The van der Waals surface area contributed by atoms with Crippen molar-refractivity contribution in [2.45, 2.75) is 39.7 Å². The molecular weight excluding hydrogens is 210 g/mol. The summed E-state index contributed by atoms with van der Waals surface area (Å²) in [5, 5.41) is 3.09. The predicted molar refractivity (Wildman–Crippen MR) is 69.6 cm³/mol. The predicted octanol–water partition coefficient (Wildman–Crippen LogP) is 3.08. The Kier molecular flexibility index (Phi) is 3.51. The van der Waals surface area contributed by atoms with Crippen LogP contribution in [-0.4, -0.2) is 5.91 Å². The molecule has 0 aromatic heterocycles. The van der Waals surface area contributed by atoms with Crippen molar-refractivity contribution in [1.29, 1.82) is 0 Å². The monoisotopic (exact) mass is 231 g/mol. The maximum Gasteiger partial charge on any atom is 0.223 e. The number of hydrogen-bond acceptors (Lipinski definition) is 1. The molecular formula is C15H21NO. The Morgan fingerprint density at radius 2 is 2.00 bits per heavy atom. The minimum atomic E-state index is 0.112. The van der Waals surface area contributed by atoms with Crippen LogP contribution in [-0.2, 0) is 11.2 Å². The van der Waals surface area contributed by atoms with Crippen molar-refractivity contribution in [1.82, 2.24) is 5.32 Å². The molecule has 0 unspecified atom stereocenters. The maximum absolute atomic E-state index is 11.8. The normalized spacial score (nSPS) is 24.2. The molecule has 0 aliphatic heterocycles. The Bertz CT molecular complexity index is 396. The van der Waals surface area contributed by atoms with Gasteiger partial charge in [0.1, 0.15) is 0 Å². The van der Waals surface area contributed by atoms with E-state index in [1.54, 1.807) is 0 Å². The fraction of sp³-hybridized carbons (Fsp3) is 0.533. The minimum absolute atomic E-state index is 0.112. The van der Waals surface area contributed by atoms with Gasteiger partial charge in [0.15, 0.2) is 0 Å². The van der Waals surface area contributed by atoms with Crippen LogP contribution in [0.5, 0.6) is 0 Å². The van der Waals surface area contributed by atoms with E-state index in [9.17, 15) is 4.79 Å². The first-order valence-corrected chi connectivity index (χ1v) is 6.51. The molecule has 2 heteroatoms. The third-order valence-corrected chi connectivity index (χ3v) is 3.69. The molecule has 0 heterocycles. The van der Waals surface area contributed by atoms with Gasteiger partial charge in [0, 0.05) is 5.92 Å². The Labute approximate surface area is 103 Å². The van der Waals surface area contributed by atoms with Crippen LogP contribution in [0.3, 0.4) is 0 Å². The summed E-state index contributed by atoms with van der Waals surface area (Å²) in [6, 6.07) is 8.61. The van der Waals surface area contributed by atoms with Gasteiger partial charge in [-0.3, -0.25) is 4.79 Å². The molecule has 1 aromatic carbocycles. The van der Waals surface area contributed by atoms with Gasteiger partial charge in [-0.15, -0.1) is 0 Å². The Morgan fingerprint density at radius 1 is 1.41 bits per heavy atom. The van der Waals surface area contributed by atoms with Crippen LogP contribution in [0.2, 0.25) is 0 Å². The summed E-state index contributed by atoms with van der Waals surface area (Å²) in [6.07, 6.45) is 2.11. The van der Waals surface area contributed by atoms with Crippen LogP contribution in [0.15, 0.2) is 24.3 Å². The van der Waals surface area contributed by atoms with Gasteiger partial charge in [-0.05, 0) is 36.8 Å². The molecule has 1 N–H and O–H groups in total. The van der Waals surface area contributed by atoms with Gasteiger partial charge >= 0.3 is 0 Å². The molecule has 0 bridgehead atoms. The van der Waals surface area contributed by atoms with Gasteiger partial charge in [-0.25, -0.2) is 0 Å². The molecule has 0 saturated heterocycles. The molecule has 1 amide bonds. The Balaban J connectivity index is 1.94. The van der Waals surface area contributed by atoms with E-state index in [0.29, 0.717) is 5.92 Å². The average Bonchev–Trinajstić information content (AvgIpc) is 3.06. The van der Waals surface area contributed by atoms with Crippen molar-refractivity contribution in [3.05, 3.63) is 35.4 Å². The lowest BCUT2D eigenvalue weighted by atomic mass is 10.0. The van der Waals surface area contributed by atoms with Crippen molar-refractivity contribution in [2.24, 2.45) is 11.8 Å². The van der Waals surface area contributed by atoms with E-state index in [1.807, 2.05) is 6.92 Å². The van der Waals surface area contributed by atoms with E-state index < -0.39 is 0 Å². The van der Waals surface area contributed by atoms with Gasteiger partial charge in [0.25, 0.3) is 0 Å². The highest BCUT2D eigenvalue weighted by molar-refractivity contribution is 5.81. The third-order valence-electron chi connectivity index (χ3n) is 3.69. The summed E-state index contributed by atoms with van der Waals surface area (Å²) in [5.74, 6) is 1.04. The van der Waals surface area contributed by atoms with Gasteiger partial charge in [0.2, 0.25) is 5.91 Å². The smallest absolute Gasteiger partial charge is 0.223 e. The van der Waals surface area contributed by atoms with Crippen LogP contribution in [0.25, 0.3) is 0 Å². The number of hydrogen-bond donors (Lipinski definition) is 1. The summed E-state index contributed by atoms with van der Waals surface area (Å²) >= 11 is 0. The molecule has 0 radical (unpaired) electrons. The zero-order chi connectivity index (χ0) is 12.4. The summed E-state index contributed by atoms with van der Waals surface area (Å²) in [4.78, 5) is 11.8. The van der Waals surface area contributed by atoms with E-state index in [2.05, 4.69) is 43.4 Å². The van der Waals surface area contributed by atoms with Crippen LogP contribution < -0.4 is 5.32 Å². The SMILES string of the molecule is CCc1ccc([C@H](C)NC(=O)[C@H]2C[C@@H]2C)cc1. The van der Waals surface area contributed by atoms with E-state index >= 15 is 0 Å². The standard InChI is InChI=1S/C15H21NO/c1-4-12-5-7-13(8-6-12)11(3)16-15(17)14-9-10(14)2/h5-8,10-11,14H,4,9H2,1-3H3,(H,16,17)/t10-,11-,14-/m0/s1. The van der Waals surface area contributed by atoms with E-state index in [-0.39, 0.29) is 17.9 Å². The average molecular weight is 231 g/mol. The zero-order valence-electron chi connectivity index (χ0n) is 10.9. The van der Waals surface area contributed by atoms with Gasteiger partial charge < -0.3 is 5.32 Å². The largest absolute Gasteiger partial charge is 0.349 e. The van der Waals surface area contributed by atoms with Crippen LogP contribution in [0.4, 0.5) is 0 Å². The van der Waals surface area contributed by atoms with Crippen LogP contribution >= 0.6 is 0 Å². The highest BCUT2D eigenvalue weighted by Gasteiger charge is 2.39. The van der Waals surface area contributed by atoms with Crippen LogP contribution in [0, 0.1) is 11.8 Å². The lowest BCUT2D eigenvalue weighted by Gasteiger charge is -2.14. The lowest BCUT2D eigenvalue weighted by molar-refractivity contribution is -0.123. The number of aryl methyl sites for hydroxylation is 1. The number of benzene rings is 1. The number of amides is 1.